The van der Waals surface area contributed by atoms with Crippen molar-refractivity contribution in [2.75, 3.05) is 13.1 Å². The molecule has 1 saturated heterocycles. The van der Waals surface area contributed by atoms with Crippen LogP contribution in [0.4, 0.5) is 0 Å². The van der Waals surface area contributed by atoms with Crippen LogP contribution in [0.5, 0.6) is 0 Å². The lowest BCUT2D eigenvalue weighted by molar-refractivity contribution is -0.129. The molecule has 1 amide bonds. The largest absolute Gasteiger partial charge is 0.340 e. The predicted molar refractivity (Wildman–Crippen MR) is 86.1 cm³/mol. The molecule has 1 atom stereocenters. The van der Waals surface area contributed by atoms with Gasteiger partial charge in [0.1, 0.15) is 0 Å². The fourth-order valence-corrected chi connectivity index (χ4v) is 4.19. The number of sulfonamides is 1. The summed E-state index contributed by atoms with van der Waals surface area (Å²) in [7, 11) is -3.53. The van der Waals surface area contributed by atoms with Crippen LogP contribution in [0, 0.1) is 19.8 Å². The average molecular weight is 324 g/mol. The third-order valence-electron chi connectivity index (χ3n) is 4.04. The Balaban J connectivity index is 2.03. The topological polar surface area (TPSA) is 66.5 Å². The summed E-state index contributed by atoms with van der Waals surface area (Å²) in [6, 6.07) is 5.44. The van der Waals surface area contributed by atoms with Gasteiger partial charge in [0, 0.05) is 25.6 Å². The molecule has 1 fully saturated rings. The molecule has 5 nitrogen and oxygen atoms in total. The van der Waals surface area contributed by atoms with Gasteiger partial charge in [-0.1, -0.05) is 17.7 Å². The summed E-state index contributed by atoms with van der Waals surface area (Å²) in [6.07, 6.45) is 0.410. The minimum atomic E-state index is -3.53. The average Bonchev–Trinajstić information content (AvgIpc) is 2.77. The van der Waals surface area contributed by atoms with E-state index in [0.29, 0.717) is 24.4 Å². The molecule has 0 aromatic heterocycles. The Labute approximate surface area is 132 Å². The lowest BCUT2D eigenvalue weighted by Crippen LogP contribution is -2.34. The minimum Gasteiger partial charge on any atom is -0.340 e. The Morgan fingerprint density at radius 2 is 2.00 bits per heavy atom. The lowest BCUT2D eigenvalue weighted by Gasteiger charge is -2.21. The Bertz CT molecular complexity index is 668. The molecule has 1 N–H and O–H groups in total. The first kappa shape index (κ1) is 17.0. The summed E-state index contributed by atoms with van der Waals surface area (Å²) in [5.74, 6) is 0.140. The molecular weight excluding hydrogens is 300 g/mol. The van der Waals surface area contributed by atoms with Gasteiger partial charge in [0.15, 0.2) is 0 Å². The van der Waals surface area contributed by atoms with E-state index >= 15 is 0 Å². The van der Waals surface area contributed by atoms with Crippen molar-refractivity contribution in [1.82, 2.24) is 9.62 Å². The van der Waals surface area contributed by atoms with Crippen LogP contribution >= 0.6 is 0 Å². The highest BCUT2D eigenvalue weighted by Crippen LogP contribution is 2.21. The zero-order valence-electron chi connectivity index (χ0n) is 13.6. The van der Waals surface area contributed by atoms with Crippen molar-refractivity contribution in [2.45, 2.75) is 45.1 Å². The first-order valence-electron chi connectivity index (χ1n) is 7.57. The molecule has 0 spiro atoms. The van der Waals surface area contributed by atoms with Gasteiger partial charge >= 0.3 is 0 Å². The molecule has 1 unspecified atom stereocenters. The molecule has 0 aliphatic carbocycles. The predicted octanol–water partition coefficient (Wildman–Crippen LogP) is 1.84. The first-order valence-corrected chi connectivity index (χ1v) is 9.05. The highest BCUT2D eigenvalue weighted by atomic mass is 32.2. The fraction of sp³-hybridized carbons (Fsp3) is 0.562. The Hall–Kier alpha value is -1.40. The molecule has 0 bridgehead atoms. The zero-order valence-corrected chi connectivity index (χ0v) is 14.4. The number of hydrogen-bond donors (Lipinski definition) is 1. The Morgan fingerprint density at radius 3 is 2.55 bits per heavy atom. The molecule has 1 heterocycles. The molecule has 1 aromatic rings. The number of rotatable bonds is 5. The number of amides is 1. The van der Waals surface area contributed by atoms with Crippen LogP contribution in [0.3, 0.4) is 0 Å². The van der Waals surface area contributed by atoms with Gasteiger partial charge in [0.05, 0.1) is 4.90 Å². The second-order valence-electron chi connectivity index (χ2n) is 6.33. The number of nitrogens with one attached hydrogen (secondary N) is 1. The van der Waals surface area contributed by atoms with Crippen LogP contribution in [0.1, 0.15) is 31.4 Å². The number of hydrogen-bond acceptors (Lipinski definition) is 3. The van der Waals surface area contributed by atoms with Crippen LogP contribution in [-0.2, 0) is 14.8 Å². The monoisotopic (exact) mass is 324 g/mol. The van der Waals surface area contributed by atoms with Gasteiger partial charge < -0.3 is 4.90 Å². The van der Waals surface area contributed by atoms with Crippen molar-refractivity contribution < 1.29 is 13.2 Å². The number of benzene rings is 1. The second-order valence-corrected chi connectivity index (χ2v) is 8.07. The van der Waals surface area contributed by atoms with Gasteiger partial charge in [-0.05, 0) is 45.2 Å². The van der Waals surface area contributed by atoms with E-state index in [9.17, 15) is 13.2 Å². The summed E-state index contributed by atoms with van der Waals surface area (Å²) in [6.45, 7) is 8.58. The Kier molecular flexibility index (Phi) is 4.92. The summed E-state index contributed by atoms with van der Waals surface area (Å²) < 4.78 is 27.5. The summed E-state index contributed by atoms with van der Waals surface area (Å²) in [5.41, 5.74) is 1.77. The lowest BCUT2D eigenvalue weighted by atomic mass is 10.1. The van der Waals surface area contributed by atoms with E-state index in [0.717, 1.165) is 11.1 Å². The number of carbonyl (C=O) groups is 1. The third kappa shape index (κ3) is 3.67. The standard InChI is InChI=1S/C16H24N2O3S/c1-11(2)18-10-14(8-16(18)19)9-17-22(20,21)15-6-5-12(3)7-13(15)4/h5-7,11,14,17H,8-10H2,1-4H3. The molecule has 22 heavy (non-hydrogen) atoms. The second kappa shape index (κ2) is 6.38. The number of aryl methyl sites for hydroxylation is 2. The Morgan fingerprint density at radius 1 is 1.32 bits per heavy atom. The molecule has 0 saturated carbocycles. The number of likely N-dealkylation sites (tertiary alicyclic amines) is 1. The van der Waals surface area contributed by atoms with E-state index in [2.05, 4.69) is 4.72 Å². The summed E-state index contributed by atoms with van der Waals surface area (Å²) in [5, 5.41) is 0. The molecule has 6 heteroatoms. The van der Waals surface area contributed by atoms with Gasteiger partial charge in [-0.25, -0.2) is 13.1 Å². The van der Waals surface area contributed by atoms with Crippen LogP contribution in [0.15, 0.2) is 23.1 Å². The molecule has 1 aromatic carbocycles. The normalized spacial score (nSPS) is 19.2. The van der Waals surface area contributed by atoms with Crippen LogP contribution in [-0.4, -0.2) is 38.4 Å². The fourth-order valence-electron chi connectivity index (χ4n) is 2.85. The highest BCUT2D eigenvalue weighted by molar-refractivity contribution is 7.89. The maximum atomic E-state index is 12.4. The van der Waals surface area contributed by atoms with Gasteiger partial charge in [0.2, 0.25) is 15.9 Å². The molecule has 0 radical (unpaired) electrons. The van der Waals surface area contributed by atoms with Crippen molar-refractivity contribution in [3.05, 3.63) is 29.3 Å². The maximum absolute atomic E-state index is 12.4. The quantitative estimate of drug-likeness (QED) is 0.899. The van der Waals surface area contributed by atoms with Crippen molar-refractivity contribution in [3.8, 4) is 0 Å². The van der Waals surface area contributed by atoms with E-state index in [-0.39, 0.29) is 17.9 Å². The smallest absolute Gasteiger partial charge is 0.240 e. The minimum absolute atomic E-state index is 0.0374. The third-order valence-corrected chi connectivity index (χ3v) is 5.63. The van der Waals surface area contributed by atoms with Gasteiger partial charge in [-0.15, -0.1) is 0 Å². The van der Waals surface area contributed by atoms with Crippen LogP contribution < -0.4 is 4.72 Å². The van der Waals surface area contributed by atoms with E-state index in [1.807, 2.05) is 26.8 Å². The van der Waals surface area contributed by atoms with Crippen LogP contribution in [0.25, 0.3) is 0 Å². The van der Waals surface area contributed by atoms with E-state index in [1.165, 1.54) is 0 Å². The zero-order chi connectivity index (χ0) is 16.5. The van der Waals surface area contributed by atoms with Crippen molar-refractivity contribution in [2.24, 2.45) is 5.92 Å². The van der Waals surface area contributed by atoms with Gasteiger partial charge in [-0.3, -0.25) is 4.79 Å². The highest BCUT2D eigenvalue weighted by Gasteiger charge is 2.32. The molecule has 2 rings (SSSR count). The molecule has 122 valence electrons. The SMILES string of the molecule is Cc1ccc(S(=O)(=O)NCC2CC(=O)N(C(C)C)C2)c(C)c1. The van der Waals surface area contributed by atoms with Crippen LogP contribution in [0.2, 0.25) is 0 Å². The van der Waals surface area contributed by atoms with Crippen molar-refractivity contribution in [3.63, 3.8) is 0 Å². The van der Waals surface area contributed by atoms with Gasteiger partial charge in [0.25, 0.3) is 0 Å². The number of nitrogens with zero attached hydrogens (tertiary/aromatic N) is 1. The van der Waals surface area contributed by atoms with E-state index in [4.69, 9.17) is 0 Å². The molecule has 1 aliphatic rings. The van der Waals surface area contributed by atoms with E-state index in [1.54, 1.807) is 24.0 Å². The van der Waals surface area contributed by atoms with Crippen molar-refractivity contribution >= 4 is 15.9 Å². The number of carbonyl (C=O) groups excluding carboxylic acids is 1. The first-order chi connectivity index (χ1) is 10.2. The molecule has 1 aliphatic heterocycles. The summed E-state index contributed by atoms with van der Waals surface area (Å²) in [4.78, 5) is 14.0. The molecular formula is C16H24N2O3S. The maximum Gasteiger partial charge on any atom is 0.240 e. The summed E-state index contributed by atoms with van der Waals surface area (Å²) >= 11 is 0. The van der Waals surface area contributed by atoms with E-state index < -0.39 is 10.0 Å². The van der Waals surface area contributed by atoms with Gasteiger partial charge in [-0.2, -0.15) is 0 Å². The van der Waals surface area contributed by atoms with Crippen molar-refractivity contribution in [1.29, 1.82) is 0 Å².